The van der Waals surface area contributed by atoms with Crippen LogP contribution in [0.5, 0.6) is 0 Å². The third-order valence-electron chi connectivity index (χ3n) is 11.3. The molecule has 7 atom stereocenters. The van der Waals surface area contributed by atoms with Crippen molar-refractivity contribution in [1.82, 2.24) is 5.32 Å². The van der Waals surface area contributed by atoms with Gasteiger partial charge in [0.2, 0.25) is 5.91 Å². The minimum atomic E-state index is -5.08. The van der Waals surface area contributed by atoms with Gasteiger partial charge in [-0.25, -0.2) is 4.18 Å². The maximum atomic E-state index is 13.0. The van der Waals surface area contributed by atoms with Crippen molar-refractivity contribution in [2.75, 3.05) is 13.2 Å². The van der Waals surface area contributed by atoms with Crippen LogP contribution >= 0.6 is 0 Å². The summed E-state index contributed by atoms with van der Waals surface area (Å²) < 4.78 is 47.7. The molecule has 1 aliphatic rings. The highest BCUT2D eigenvalue weighted by Crippen LogP contribution is 2.26. The number of aliphatic hydroxyl groups excluding tert-OH is 4. The molecular formula is C46H87NO11S. The Bertz CT molecular complexity index is 1150. The summed E-state index contributed by atoms with van der Waals surface area (Å²) in [5, 5.41) is 44.9. The van der Waals surface area contributed by atoms with Gasteiger partial charge in [0.25, 0.3) is 0 Å². The Morgan fingerprint density at radius 3 is 1.64 bits per heavy atom. The normalized spacial score (nSPS) is 21.1. The molecule has 0 radical (unpaired) electrons. The average Bonchev–Trinajstić information content (AvgIpc) is 3.20. The smallest absolute Gasteiger partial charge is 0.394 e. The van der Waals surface area contributed by atoms with Crippen LogP contribution in [-0.2, 0) is 28.9 Å². The molecule has 1 aliphatic heterocycles. The molecule has 0 aromatic rings. The van der Waals surface area contributed by atoms with E-state index in [1.807, 2.05) is 0 Å². The van der Waals surface area contributed by atoms with E-state index in [0.29, 0.717) is 12.8 Å². The van der Waals surface area contributed by atoms with Gasteiger partial charge >= 0.3 is 10.4 Å². The minimum Gasteiger partial charge on any atom is -0.394 e. The predicted molar refractivity (Wildman–Crippen MR) is 236 cm³/mol. The molecule has 0 spiro atoms. The number of carbonyl (C=O) groups excluding carboxylic acids is 1. The summed E-state index contributed by atoms with van der Waals surface area (Å²) in [4.78, 5) is 13.0. The molecular weight excluding hydrogens is 775 g/mol. The quantitative estimate of drug-likeness (QED) is 0.0195. The Hall–Kier alpha value is -1.42. The number of nitrogens with one attached hydrogen (secondary N) is 1. The lowest BCUT2D eigenvalue weighted by atomic mass is 9.99. The molecule has 6 N–H and O–H groups in total. The molecule has 1 fully saturated rings. The zero-order valence-electron chi connectivity index (χ0n) is 37.1. The zero-order chi connectivity index (χ0) is 43.4. The molecule has 7 unspecified atom stereocenters. The van der Waals surface area contributed by atoms with Crippen LogP contribution in [0.3, 0.4) is 0 Å². The number of ether oxygens (including phenoxy) is 2. The summed E-state index contributed by atoms with van der Waals surface area (Å²) in [7, 11) is -5.08. The van der Waals surface area contributed by atoms with Gasteiger partial charge in [-0.2, -0.15) is 8.42 Å². The highest BCUT2D eigenvalue weighted by molar-refractivity contribution is 7.80. The second-order valence-electron chi connectivity index (χ2n) is 16.7. The number of unbranched alkanes of at least 4 members (excludes halogenated alkanes) is 24. The molecule has 1 saturated heterocycles. The van der Waals surface area contributed by atoms with Crippen LogP contribution in [-0.4, -0.2) is 95.4 Å². The molecule has 0 aromatic carbocycles. The topological polar surface area (TPSA) is 192 Å². The fraction of sp³-hybridized carbons (Fsp3) is 0.891. The highest BCUT2D eigenvalue weighted by Gasteiger charge is 2.48. The van der Waals surface area contributed by atoms with Gasteiger partial charge in [0.1, 0.15) is 24.4 Å². The molecule has 59 heavy (non-hydrogen) atoms. The Morgan fingerprint density at radius 1 is 0.678 bits per heavy atom. The first-order chi connectivity index (χ1) is 28.5. The lowest BCUT2D eigenvalue weighted by Gasteiger charge is -2.41. The van der Waals surface area contributed by atoms with Crippen molar-refractivity contribution in [2.45, 2.75) is 249 Å². The average molecular weight is 862 g/mol. The van der Waals surface area contributed by atoms with E-state index in [0.717, 1.165) is 57.8 Å². The van der Waals surface area contributed by atoms with Crippen LogP contribution in [0.1, 0.15) is 206 Å². The Morgan fingerprint density at radius 2 is 1.14 bits per heavy atom. The summed E-state index contributed by atoms with van der Waals surface area (Å²) in [6, 6.07) is -0.860. The number of hydrogen-bond donors (Lipinski definition) is 6. The van der Waals surface area contributed by atoms with Crippen molar-refractivity contribution in [3.05, 3.63) is 24.3 Å². The van der Waals surface area contributed by atoms with E-state index >= 15 is 0 Å². The van der Waals surface area contributed by atoms with E-state index in [9.17, 15) is 38.2 Å². The van der Waals surface area contributed by atoms with Gasteiger partial charge in [0.05, 0.1) is 25.4 Å². The first-order valence-corrected chi connectivity index (χ1v) is 25.1. The van der Waals surface area contributed by atoms with Gasteiger partial charge in [-0.1, -0.05) is 179 Å². The number of allylic oxidation sites excluding steroid dienone is 4. The van der Waals surface area contributed by atoms with E-state index < -0.39 is 59.9 Å². The van der Waals surface area contributed by atoms with E-state index in [4.69, 9.17) is 9.47 Å². The third kappa shape index (κ3) is 30.3. The largest absolute Gasteiger partial charge is 0.397 e. The fourth-order valence-electron chi connectivity index (χ4n) is 7.55. The Kier molecular flexibility index (Phi) is 35.0. The third-order valence-corrected chi connectivity index (χ3v) is 11.7. The van der Waals surface area contributed by atoms with E-state index in [1.54, 1.807) is 0 Å². The number of rotatable bonds is 40. The highest BCUT2D eigenvalue weighted by atomic mass is 32.3. The molecule has 13 heteroatoms. The standard InChI is InChI=1S/C46H87NO11S/c1-3-5-7-9-11-13-15-17-19-20-22-24-26-28-30-32-34-36-42(50)47-39(38-56-46-44(52)45(58-59(53,54)55)43(51)41(37-48)57-46)40(49)35-33-31-29-27-25-23-21-18-16-14-12-10-8-6-4-2/h11,13,17,19,39-41,43-46,48-49,51-52H,3-10,12,14-16,18,20-38H2,1-2H3,(H,47,50)(H,53,54,55)/b13-11-,19-17-. The molecule has 1 amide bonds. The van der Waals surface area contributed by atoms with Gasteiger partial charge in [0.15, 0.2) is 6.29 Å². The van der Waals surface area contributed by atoms with E-state index in [2.05, 4.69) is 47.7 Å². The van der Waals surface area contributed by atoms with Crippen LogP contribution in [0.4, 0.5) is 0 Å². The van der Waals surface area contributed by atoms with Crippen molar-refractivity contribution < 1.29 is 51.8 Å². The van der Waals surface area contributed by atoms with Gasteiger partial charge in [-0.15, -0.1) is 0 Å². The van der Waals surface area contributed by atoms with E-state index in [-0.39, 0.29) is 18.9 Å². The second-order valence-corrected chi connectivity index (χ2v) is 17.7. The first-order valence-electron chi connectivity index (χ1n) is 23.7. The molecule has 1 rings (SSSR count). The van der Waals surface area contributed by atoms with Gasteiger partial charge in [0, 0.05) is 6.42 Å². The summed E-state index contributed by atoms with van der Waals surface area (Å²) in [5.41, 5.74) is 0. The van der Waals surface area contributed by atoms with Crippen molar-refractivity contribution >= 4 is 16.3 Å². The van der Waals surface area contributed by atoms with E-state index in [1.165, 1.54) is 116 Å². The first kappa shape index (κ1) is 55.6. The number of aliphatic hydroxyl groups is 4. The summed E-state index contributed by atoms with van der Waals surface area (Å²) in [5.74, 6) is -0.238. The number of carbonyl (C=O) groups is 1. The van der Waals surface area contributed by atoms with Crippen LogP contribution in [0.2, 0.25) is 0 Å². The Labute approximate surface area is 359 Å². The lowest BCUT2D eigenvalue weighted by molar-refractivity contribution is -0.298. The minimum absolute atomic E-state index is 0.238. The molecule has 0 saturated carbocycles. The van der Waals surface area contributed by atoms with Gasteiger partial charge in [-0.3, -0.25) is 9.35 Å². The molecule has 0 aliphatic carbocycles. The predicted octanol–water partition coefficient (Wildman–Crippen LogP) is 9.33. The maximum absolute atomic E-state index is 13.0. The molecule has 1 heterocycles. The zero-order valence-corrected chi connectivity index (χ0v) is 37.9. The number of amides is 1. The SMILES string of the molecule is CCCCC/C=C\C/C=C\CCCCCCCCCC(=O)NC(COC1OC(CO)C(O)C(OS(=O)(=O)O)C1O)C(O)CCCCCCCCCCCCCCCCC. The van der Waals surface area contributed by atoms with Crippen LogP contribution < -0.4 is 5.32 Å². The molecule has 0 bridgehead atoms. The monoisotopic (exact) mass is 862 g/mol. The van der Waals surface area contributed by atoms with Crippen molar-refractivity contribution in [1.29, 1.82) is 0 Å². The van der Waals surface area contributed by atoms with Crippen LogP contribution in [0, 0.1) is 0 Å². The summed E-state index contributed by atoms with van der Waals surface area (Å²) in [6.45, 7) is 3.42. The van der Waals surface area contributed by atoms with Crippen LogP contribution in [0.25, 0.3) is 0 Å². The molecule has 12 nitrogen and oxygen atoms in total. The fourth-order valence-corrected chi connectivity index (χ4v) is 8.06. The van der Waals surface area contributed by atoms with Crippen molar-refractivity contribution in [2.24, 2.45) is 0 Å². The molecule has 0 aromatic heterocycles. The van der Waals surface area contributed by atoms with Gasteiger partial charge in [-0.05, 0) is 44.9 Å². The Balaban J connectivity index is 2.49. The van der Waals surface area contributed by atoms with Crippen molar-refractivity contribution in [3.8, 4) is 0 Å². The number of hydrogen-bond acceptors (Lipinski definition) is 10. The second kappa shape index (κ2) is 37.2. The van der Waals surface area contributed by atoms with Crippen molar-refractivity contribution in [3.63, 3.8) is 0 Å². The molecule has 348 valence electrons. The summed E-state index contributed by atoms with van der Waals surface area (Å²) >= 11 is 0. The lowest BCUT2D eigenvalue weighted by Crippen LogP contribution is -2.61. The maximum Gasteiger partial charge on any atom is 0.397 e. The summed E-state index contributed by atoms with van der Waals surface area (Å²) in [6.07, 6.45) is 33.1. The van der Waals surface area contributed by atoms with Crippen LogP contribution in [0.15, 0.2) is 24.3 Å². The van der Waals surface area contributed by atoms with Gasteiger partial charge < -0.3 is 35.2 Å².